The molecule has 0 spiro atoms. The molecule has 0 radical (unpaired) electrons. The van der Waals surface area contributed by atoms with Crippen molar-refractivity contribution < 1.29 is 23.8 Å². The van der Waals surface area contributed by atoms with Gasteiger partial charge in [-0.15, -0.1) is 0 Å². The Kier molecular flexibility index (Phi) is 7.08. The summed E-state index contributed by atoms with van der Waals surface area (Å²) in [7, 11) is 1.47. The largest absolute Gasteiger partial charge is 0.493 e. The Labute approximate surface area is 160 Å². The highest BCUT2D eigenvalue weighted by Gasteiger charge is 2.15. The van der Waals surface area contributed by atoms with Crippen molar-refractivity contribution in [1.82, 2.24) is 5.32 Å². The lowest BCUT2D eigenvalue weighted by Gasteiger charge is -2.16. The van der Waals surface area contributed by atoms with Crippen LogP contribution in [0.25, 0.3) is 0 Å². The van der Waals surface area contributed by atoms with Gasteiger partial charge in [-0.1, -0.05) is 29.3 Å². The summed E-state index contributed by atoms with van der Waals surface area (Å²) in [5.74, 6) is -0.652. The minimum Gasteiger partial charge on any atom is -0.493 e. The predicted octanol–water partition coefficient (Wildman–Crippen LogP) is 4.28. The maximum atomic E-state index is 13.1. The fourth-order valence-electron chi connectivity index (χ4n) is 2.16. The zero-order chi connectivity index (χ0) is 19.3. The number of aliphatic carboxylic acids is 1. The minimum atomic E-state index is -0.945. The molecule has 2 aromatic rings. The summed E-state index contributed by atoms with van der Waals surface area (Å²) in [4.78, 5) is 10.9. The molecule has 2 aromatic carbocycles. The van der Waals surface area contributed by atoms with Gasteiger partial charge in [-0.25, -0.2) is 4.39 Å². The molecule has 0 aliphatic rings. The molecule has 0 fully saturated rings. The van der Waals surface area contributed by atoms with Gasteiger partial charge in [0.15, 0.2) is 11.5 Å². The van der Waals surface area contributed by atoms with E-state index in [-0.39, 0.29) is 11.6 Å². The highest BCUT2D eigenvalue weighted by molar-refractivity contribution is 6.32. The molecule has 0 aromatic heterocycles. The standard InChI is InChI=1S/C18H18Cl2FNO4/c1-10(18(23)24)22-8-11-5-15(20)17(16(6-11)25-2)26-9-12-3-4-13(21)7-14(12)19/h3-7,10,22H,8-9H2,1-2H3,(H,23,24). The number of methoxy groups -OCH3 is 1. The second kappa shape index (κ2) is 9.07. The summed E-state index contributed by atoms with van der Waals surface area (Å²) >= 11 is 12.3. The molecule has 0 amide bonds. The van der Waals surface area contributed by atoms with E-state index in [1.807, 2.05) is 0 Å². The number of hydrogen-bond acceptors (Lipinski definition) is 4. The molecule has 140 valence electrons. The molecule has 2 N–H and O–H groups in total. The number of halogens is 3. The molecule has 5 nitrogen and oxygen atoms in total. The molecule has 26 heavy (non-hydrogen) atoms. The lowest BCUT2D eigenvalue weighted by Crippen LogP contribution is -2.33. The fourth-order valence-corrected chi connectivity index (χ4v) is 2.67. The van der Waals surface area contributed by atoms with Crippen molar-refractivity contribution in [3.05, 3.63) is 57.3 Å². The third kappa shape index (κ3) is 5.24. The third-order valence-corrected chi connectivity index (χ3v) is 4.29. The lowest BCUT2D eigenvalue weighted by molar-refractivity contribution is -0.139. The lowest BCUT2D eigenvalue weighted by atomic mass is 10.2. The van der Waals surface area contributed by atoms with Crippen LogP contribution in [0, 0.1) is 5.82 Å². The van der Waals surface area contributed by atoms with Crippen molar-refractivity contribution in [3.63, 3.8) is 0 Å². The molecule has 0 aliphatic heterocycles. The van der Waals surface area contributed by atoms with Crippen molar-refractivity contribution >= 4 is 29.2 Å². The Morgan fingerprint density at radius 2 is 2.00 bits per heavy atom. The Morgan fingerprint density at radius 1 is 1.27 bits per heavy atom. The van der Waals surface area contributed by atoms with E-state index in [9.17, 15) is 9.18 Å². The van der Waals surface area contributed by atoms with Gasteiger partial charge in [0.25, 0.3) is 0 Å². The number of rotatable bonds is 8. The Morgan fingerprint density at radius 3 is 2.62 bits per heavy atom. The summed E-state index contributed by atoms with van der Waals surface area (Å²) < 4.78 is 24.1. The van der Waals surface area contributed by atoms with Gasteiger partial charge < -0.3 is 19.9 Å². The smallest absolute Gasteiger partial charge is 0.320 e. The third-order valence-electron chi connectivity index (χ3n) is 3.66. The van der Waals surface area contributed by atoms with E-state index in [0.29, 0.717) is 28.6 Å². The Bertz CT molecular complexity index is 801. The first-order valence-electron chi connectivity index (χ1n) is 7.71. The zero-order valence-corrected chi connectivity index (χ0v) is 15.7. The number of benzene rings is 2. The average Bonchev–Trinajstić information content (AvgIpc) is 2.59. The minimum absolute atomic E-state index is 0.0861. The highest BCUT2D eigenvalue weighted by atomic mass is 35.5. The fraction of sp³-hybridized carbons (Fsp3) is 0.278. The zero-order valence-electron chi connectivity index (χ0n) is 14.2. The van der Waals surface area contributed by atoms with Crippen molar-refractivity contribution in [2.75, 3.05) is 7.11 Å². The molecule has 8 heteroatoms. The number of nitrogens with one attached hydrogen (secondary N) is 1. The second-order valence-corrected chi connectivity index (χ2v) is 6.39. The molecule has 0 aliphatic carbocycles. The maximum Gasteiger partial charge on any atom is 0.320 e. The Hall–Kier alpha value is -2.02. The predicted molar refractivity (Wildman–Crippen MR) is 97.7 cm³/mol. The quantitative estimate of drug-likeness (QED) is 0.690. The molecule has 0 bridgehead atoms. The molecule has 0 heterocycles. The average molecular weight is 402 g/mol. The van der Waals surface area contributed by atoms with Gasteiger partial charge in [0.1, 0.15) is 18.5 Å². The number of carbonyl (C=O) groups is 1. The normalized spacial score (nSPS) is 11.9. The van der Waals surface area contributed by atoms with E-state index in [0.717, 1.165) is 5.56 Å². The van der Waals surface area contributed by atoms with Crippen LogP contribution in [0.2, 0.25) is 10.0 Å². The molecule has 0 saturated carbocycles. The van der Waals surface area contributed by atoms with E-state index in [2.05, 4.69) is 5.32 Å². The van der Waals surface area contributed by atoms with E-state index < -0.39 is 17.8 Å². The summed E-state index contributed by atoms with van der Waals surface area (Å²) in [6.45, 7) is 1.93. The second-order valence-electron chi connectivity index (χ2n) is 5.57. The summed E-state index contributed by atoms with van der Waals surface area (Å²) in [5, 5.41) is 12.3. The van der Waals surface area contributed by atoms with Crippen molar-refractivity contribution in [2.45, 2.75) is 26.1 Å². The number of ether oxygens (including phenoxy) is 2. The van der Waals surface area contributed by atoms with Crippen LogP contribution in [-0.4, -0.2) is 24.2 Å². The molecular weight excluding hydrogens is 384 g/mol. The van der Waals surface area contributed by atoms with Gasteiger partial charge in [-0.05, 0) is 36.8 Å². The Balaban J connectivity index is 2.14. The number of hydrogen-bond donors (Lipinski definition) is 2. The van der Waals surface area contributed by atoms with Crippen LogP contribution in [-0.2, 0) is 17.9 Å². The highest BCUT2D eigenvalue weighted by Crippen LogP contribution is 2.37. The molecular formula is C18H18Cl2FNO4. The summed E-state index contributed by atoms with van der Waals surface area (Å²) in [5.41, 5.74) is 1.35. The van der Waals surface area contributed by atoms with Gasteiger partial charge in [-0.2, -0.15) is 0 Å². The van der Waals surface area contributed by atoms with Gasteiger partial charge in [-0.3, -0.25) is 4.79 Å². The first kappa shape index (κ1) is 20.3. The first-order chi connectivity index (χ1) is 12.3. The molecule has 1 atom stereocenters. The maximum absolute atomic E-state index is 13.1. The van der Waals surface area contributed by atoms with Crippen molar-refractivity contribution in [1.29, 1.82) is 0 Å². The van der Waals surface area contributed by atoms with Crippen LogP contribution in [0.4, 0.5) is 4.39 Å². The van der Waals surface area contributed by atoms with Crippen molar-refractivity contribution in [2.24, 2.45) is 0 Å². The van der Waals surface area contributed by atoms with Crippen LogP contribution < -0.4 is 14.8 Å². The molecule has 1 unspecified atom stereocenters. The monoisotopic (exact) mass is 401 g/mol. The van der Waals surface area contributed by atoms with Gasteiger partial charge in [0.2, 0.25) is 0 Å². The van der Waals surface area contributed by atoms with Crippen LogP contribution >= 0.6 is 23.2 Å². The molecule has 2 rings (SSSR count). The van der Waals surface area contributed by atoms with Crippen LogP contribution in [0.3, 0.4) is 0 Å². The van der Waals surface area contributed by atoms with E-state index >= 15 is 0 Å². The van der Waals surface area contributed by atoms with E-state index in [4.69, 9.17) is 37.8 Å². The first-order valence-corrected chi connectivity index (χ1v) is 8.46. The molecule has 0 saturated heterocycles. The van der Waals surface area contributed by atoms with Crippen LogP contribution in [0.5, 0.6) is 11.5 Å². The number of carboxylic acid groups (broad SMARTS) is 1. The van der Waals surface area contributed by atoms with Crippen LogP contribution in [0.1, 0.15) is 18.1 Å². The van der Waals surface area contributed by atoms with Gasteiger partial charge in [0, 0.05) is 12.1 Å². The van der Waals surface area contributed by atoms with E-state index in [1.165, 1.54) is 25.3 Å². The SMILES string of the molecule is COc1cc(CNC(C)C(=O)O)cc(Cl)c1OCc1ccc(F)cc1Cl. The van der Waals surface area contributed by atoms with E-state index in [1.54, 1.807) is 19.1 Å². The summed E-state index contributed by atoms with van der Waals surface area (Å²) in [6, 6.07) is 6.70. The van der Waals surface area contributed by atoms with Gasteiger partial charge >= 0.3 is 5.97 Å². The topological polar surface area (TPSA) is 67.8 Å². The van der Waals surface area contributed by atoms with Crippen molar-refractivity contribution in [3.8, 4) is 11.5 Å². The van der Waals surface area contributed by atoms with Crippen LogP contribution in [0.15, 0.2) is 30.3 Å². The number of carboxylic acids is 1. The van der Waals surface area contributed by atoms with Gasteiger partial charge in [0.05, 0.1) is 17.2 Å². The summed E-state index contributed by atoms with van der Waals surface area (Å²) in [6.07, 6.45) is 0.